The first-order valence-corrected chi connectivity index (χ1v) is 8.69. The van der Waals surface area contributed by atoms with Crippen LogP contribution in [0.1, 0.15) is 30.5 Å². The summed E-state index contributed by atoms with van der Waals surface area (Å²) in [7, 11) is 0. The summed E-state index contributed by atoms with van der Waals surface area (Å²) in [4.78, 5) is 24.2. The molecule has 5 heteroatoms. The van der Waals surface area contributed by atoms with E-state index in [1.165, 1.54) is 12.5 Å². The maximum atomic E-state index is 12.3. The van der Waals surface area contributed by atoms with E-state index in [-0.39, 0.29) is 12.5 Å². The van der Waals surface area contributed by atoms with Crippen LogP contribution >= 0.6 is 0 Å². The van der Waals surface area contributed by atoms with E-state index in [1.54, 1.807) is 0 Å². The van der Waals surface area contributed by atoms with Crippen LogP contribution in [0.4, 0.5) is 5.69 Å². The van der Waals surface area contributed by atoms with Gasteiger partial charge in [-0.05, 0) is 56.0 Å². The van der Waals surface area contributed by atoms with Crippen LogP contribution in [0.25, 0.3) is 0 Å². The Morgan fingerprint density at radius 2 is 1.65 bits per heavy atom. The Bertz CT molecular complexity index is 748. The highest BCUT2D eigenvalue weighted by atomic mass is 16.6. The Morgan fingerprint density at radius 3 is 2.23 bits per heavy atom. The van der Waals surface area contributed by atoms with Gasteiger partial charge >= 0.3 is 5.97 Å². The number of carbonyl (C=O) groups excluding carboxylic acids is 2. The number of rotatable bonds is 7. The first kappa shape index (κ1) is 19.5. The lowest BCUT2D eigenvalue weighted by Gasteiger charge is -2.16. The molecular weight excluding hydrogens is 330 g/mol. The van der Waals surface area contributed by atoms with Gasteiger partial charge < -0.3 is 14.8 Å². The zero-order valence-corrected chi connectivity index (χ0v) is 15.7. The summed E-state index contributed by atoms with van der Waals surface area (Å²) in [5.74, 6) is -0.372. The summed E-state index contributed by atoms with van der Waals surface area (Å²) in [6.07, 6.45) is 0.0301. The first-order valence-electron chi connectivity index (χ1n) is 8.69. The number of nitrogens with one attached hydrogen (secondary N) is 1. The number of ether oxygens (including phenoxy) is 2. The van der Waals surface area contributed by atoms with Crippen LogP contribution in [-0.2, 0) is 20.7 Å². The fraction of sp³-hybridized carbons (Fsp3) is 0.333. The Balaban J connectivity index is 1.84. The monoisotopic (exact) mass is 355 g/mol. The SMILES string of the molecule is CCc1ccc(OCC(=O)OC(C)C(=O)Nc2c(C)cccc2C)cc1. The number of amides is 1. The van der Waals surface area contributed by atoms with Gasteiger partial charge in [0.2, 0.25) is 0 Å². The van der Waals surface area contributed by atoms with E-state index in [1.807, 2.05) is 56.3 Å². The van der Waals surface area contributed by atoms with Gasteiger partial charge in [-0.25, -0.2) is 4.79 Å². The maximum absolute atomic E-state index is 12.3. The van der Waals surface area contributed by atoms with Crippen LogP contribution in [0.3, 0.4) is 0 Å². The average Bonchev–Trinajstić information content (AvgIpc) is 2.63. The van der Waals surface area contributed by atoms with Crippen LogP contribution in [0, 0.1) is 13.8 Å². The maximum Gasteiger partial charge on any atom is 0.344 e. The van der Waals surface area contributed by atoms with Crippen LogP contribution in [0.5, 0.6) is 5.75 Å². The number of hydrogen-bond acceptors (Lipinski definition) is 4. The molecule has 0 saturated heterocycles. The van der Waals surface area contributed by atoms with Crippen molar-refractivity contribution >= 4 is 17.6 Å². The molecule has 2 rings (SSSR count). The van der Waals surface area contributed by atoms with E-state index in [4.69, 9.17) is 9.47 Å². The highest BCUT2D eigenvalue weighted by Gasteiger charge is 2.19. The first-order chi connectivity index (χ1) is 12.4. The van der Waals surface area contributed by atoms with Crippen molar-refractivity contribution in [2.75, 3.05) is 11.9 Å². The van der Waals surface area contributed by atoms with Crippen LogP contribution < -0.4 is 10.1 Å². The molecule has 0 radical (unpaired) electrons. The molecule has 0 fully saturated rings. The molecule has 0 heterocycles. The Morgan fingerprint density at radius 1 is 1.04 bits per heavy atom. The van der Waals surface area contributed by atoms with Gasteiger partial charge in [-0.2, -0.15) is 0 Å². The largest absolute Gasteiger partial charge is 0.482 e. The second kappa shape index (κ2) is 9.04. The van der Waals surface area contributed by atoms with E-state index in [2.05, 4.69) is 12.2 Å². The summed E-state index contributed by atoms with van der Waals surface area (Å²) >= 11 is 0. The highest BCUT2D eigenvalue weighted by molar-refractivity contribution is 5.96. The molecular formula is C21H25NO4. The normalized spacial score (nSPS) is 11.5. The van der Waals surface area contributed by atoms with Crippen LogP contribution in [0.15, 0.2) is 42.5 Å². The van der Waals surface area contributed by atoms with Gasteiger partial charge in [-0.15, -0.1) is 0 Å². The Kier molecular flexibility index (Phi) is 6.78. The molecule has 1 atom stereocenters. The Labute approximate surface area is 154 Å². The molecule has 5 nitrogen and oxygen atoms in total. The second-order valence-electron chi connectivity index (χ2n) is 6.17. The van der Waals surface area contributed by atoms with Gasteiger partial charge in [0.15, 0.2) is 12.7 Å². The molecule has 0 aliphatic heterocycles. The van der Waals surface area contributed by atoms with E-state index < -0.39 is 12.1 Å². The standard InChI is InChI=1S/C21H25NO4/c1-5-17-9-11-18(12-10-17)25-13-19(23)26-16(4)21(24)22-20-14(2)7-6-8-15(20)3/h6-12,16H,5,13H2,1-4H3,(H,22,24). The van der Waals surface area contributed by atoms with Gasteiger partial charge in [-0.1, -0.05) is 37.3 Å². The zero-order chi connectivity index (χ0) is 19.1. The number of hydrogen-bond donors (Lipinski definition) is 1. The summed E-state index contributed by atoms with van der Waals surface area (Å²) < 4.78 is 10.6. The number of aryl methyl sites for hydroxylation is 3. The Hall–Kier alpha value is -2.82. The third-order valence-corrected chi connectivity index (χ3v) is 4.10. The predicted molar refractivity (Wildman–Crippen MR) is 101 cm³/mol. The fourth-order valence-electron chi connectivity index (χ4n) is 2.48. The summed E-state index contributed by atoms with van der Waals surface area (Å²) in [5, 5.41) is 2.81. The molecule has 26 heavy (non-hydrogen) atoms. The van der Waals surface area contributed by atoms with E-state index in [0.29, 0.717) is 5.75 Å². The molecule has 0 bridgehead atoms. The number of benzene rings is 2. The van der Waals surface area contributed by atoms with Crippen molar-refractivity contribution in [2.45, 2.75) is 40.2 Å². The topological polar surface area (TPSA) is 64.6 Å². The summed E-state index contributed by atoms with van der Waals surface area (Å²) in [6, 6.07) is 13.3. The third-order valence-electron chi connectivity index (χ3n) is 4.10. The van der Waals surface area contributed by atoms with Crippen molar-refractivity contribution in [3.05, 3.63) is 59.2 Å². The summed E-state index contributed by atoms with van der Waals surface area (Å²) in [6.45, 7) is 7.19. The van der Waals surface area contributed by atoms with Crippen molar-refractivity contribution in [3.8, 4) is 5.75 Å². The van der Waals surface area contributed by atoms with Crippen molar-refractivity contribution in [1.82, 2.24) is 0 Å². The van der Waals surface area contributed by atoms with E-state index in [0.717, 1.165) is 23.2 Å². The molecule has 1 N–H and O–H groups in total. The van der Waals surface area contributed by atoms with Crippen molar-refractivity contribution < 1.29 is 19.1 Å². The van der Waals surface area contributed by atoms with Crippen LogP contribution in [0.2, 0.25) is 0 Å². The van der Waals surface area contributed by atoms with Crippen molar-refractivity contribution in [1.29, 1.82) is 0 Å². The lowest BCUT2D eigenvalue weighted by Crippen LogP contribution is -2.32. The minimum atomic E-state index is -0.910. The number of para-hydroxylation sites is 1. The lowest BCUT2D eigenvalue weighted by atomic mass is 10.1. The minimum Gasteiger partial charge on any atom is -0.482 e. The van der Waals surface area contributed by atoms with E-state index >= 15 is 0 Å². The van der Waals surface area contributed by atoms with Gasteiger partial charge in [0, 0.05) is 5.69 Å². The molecule has 1 unspecified atom stereocenters. The van der Waals surface area contributed by atoms with E-state index in [9.17, 15) is 9.59 Å². The fourth-order valence-corrected chi connectivity index (χ4v) is 2.48. The minimum absolute atomic E-state index is 0.244. The molecule has 138 valence electrons. The van der Waals surface area contributed by atoms with Crippen molar-refractivity contribution in [2.24, 2.45) is 0 Å². The highest BCUT2D eigenvalue weighted by Crippen LogP contribution is 2.20. The molecule has 0 spiro atoms. The number of esters is 1. The quantitative estimate of drug-likeness (QED) is 0.767. The lowest BCUT2D eigenvalue weighted by molar-refractivity contribution is -0.155. The molecule has 0 aliphatic carbocycles. The molecule has 0 aromatic heterocycles. The molecule has 1 amide bonds. The predicted octanol–water partition coefficient (Wildman–Crippen LogP) is 3.82. The van der Waals surface area contributed by atoms with Gasteiger partial charge in [0.05, 0.1) is 0 Å². The van der Waals surface area contributed by atoms with Gasteiger partial charge in [0.1, 0.15) is 5.75 Å². The molecule has 2 aromatic carbocycles. The van der Waals surface area contributed by atoms with Gasteiger partial charge in [-0.3, -0.25) is 4.79 Å². The van der Waals surface area contributed by atoms with Crippen molar-refractivity contribution in [3.63, 3.8) is 0 Å². The smallest absolute Gasteiger partial charge is 0.344 e. The average molecular weight is 355 g/mol. The number of anilines is 1. The van der Waals surface area contributed by atoms with Crippen LogP contribution in [-0.4, -0.2) is 24.6 Å². The molecule has 0 saturated carbocycles. The zero-order valence-electron chi connectivity index (χ0n) is 15.7. The molecule has 0 aliphatic rings. The molecule has 2 aromatic rings. The summed E-state index contributed by atoms with van der Waals surface area (Å²) in [5.41, 5.74) is 3.84. The second-order valence-corrected chi connectivity index (χ2v) is 6.17. The number of carbonyl (C=O) groups is 2. The van der Waals surface area contributed by atoms with Gasteiger partial charge in [0.25, 0.3) is 5.91 Å². The third kappa shape index (κ3) is 5.34.